The average Bonchev–Trinajstić information content (AvgIpc) is 2.67. The van der Waals surface area contributed by atoms with Gasteiger partial charge in [-0.25, -0.2) is 4.79 Å². The summed E-state index contributed by atoms with van der Waals surface area (Å²) in [6.07, 6.45) is 3.13. The minimum absolute atomic E-state index is 0.163. The van der Waals surface area contributed by atoms with Crippen molar-refractivity contribution in [3.63, 3.8) is 0 Å². The number of aliphatic carboxylic acids is 1. The van der Waals surface area contributed by atoms with E-state index in [0.29, 0.717) is 0 Å². The molecule has 0 saturated carbocycles. The van der Waals surface area contributed by atoms with Gasteiger partial charge in [0.05, 0.1) is 0 Å². The Labute approximate surface area is 157 Å². The first-order valence-corrected chi connectivity index (χ1v) is 8.56. The van der Waals surface area contributed by atoms with E-state index in [9.17, 15) is 19.5 Å². The summed E-state index contributed by atoms with van der Waals surface area (Å²) in [5, 5.41) is 14.3. The fraction of sp³-hybridized carbons (Fsp3) is 0.190. The Bertz CT molecular complexity index is 803. The van der Waals surface area contributed by atoms with Gasteiger partial charge in [0, 0.05) is 12.5 Å². The van der Waals surface area contributed by atoms with Crippen molar-refractivity contribution in [2.75, 3.05) is 0 Å². The lowest BCUT2D eigenvalue weighted by Crippen LogP contribution is -2.50. The molecule has 6 heteroatoms. The second-order valence-electron chi connectivity index (χ2n) is 6.06. The van der Waals surface area contributed by atoms with E-state index in [1.54, 1.807) is 30.3 Å². The second-order valence-corrected chi connectivity index (χ2v) is 6.06. The van der Waals surface area contributed by atoms with Crippen molar-refractivity contribution < 1.29 is 19.5 Å². The maximum atomic E-state index is 12.2. The third kappa shape index (κ3) is 6.78. The molecule has 0 aliphatic rings. The SMILES string of the molecule is CC(NC(=O)C=Cc1ccccc1)C(=O)NC(Cc1ccccc1)C(=O)O. The molecule has 2 aromatic carbocycles. The van der Waals surface area contributed by atoms with Crippen molar-refractivity contribution in [1.82, 2.24) is 10.6 Å². The molecule has 0 aliphatic heterocycles. The van der Waals surface area contributed by atoms with Gasteiger partial charge in [-0.3, -0.25) is 9.59 Å². The topological polar surface area (TPSA) is 95.5 Å². The number of benzene rings is 2. The summed E-state index contributed by atoms with van der Waals surface area (Å²) in [7, 11) is 0. The van der Waals surface area contributed by atoms with Gasteiger partial charge in [-0.05, 0) is 24.1 Å². The van der Waals surface area contributed by atoms with E-state index in [0.717, 1.165) is 11.1 Å². The molecule has 0 aliphatic carbocycles. The molecule has 6 nitrogen and oxygen atoms in total. The van der Waals surface area contributed by atoms with E-state index in [4.69, 9.17) is 0 Å². The third-order valence-electron chi connectivity index (χ3n) is 3.88. The minimum atomic E-state index is -1.13. The first-order valence-electron chi connectivity index (χ1n) is 8.56. The Morgan fingerprint density at radius 2 is 1.56 bits per heavy atom. The molecule has 0 fully saturated rings. The molecular formula is C21H22N2O4. The molecular weight excluding hydrogens is 344 g/mol. The van der Waals surface area contributed by atoms with Gasteiger partial charge in [-0.2, -0.15) is 0 Å². The van der Waals surface area contributed by atoms with E-state index in [2.05, 4.69) is 10.6 Å². The Morgan fingerprint density at radius 3 is 2.15 bits per heavy atom. The van der Waals surface area contributed by atoms with Gasteiger partial charge in [0.15, 0.2) is 0 Å². The predicted octanol–water partition coefficient (Wildman–Crippen LogP) is 2.02. The second kappa shape index (κ2) is 9.91. The highest BCUT2D eigenvalue weighted by Crippen LogP contribution is 2.04. The Hall–Kier alpha value is -3.41. The largest absolute Gasteiger partial charge is 0.480 e. The molecule has 0 aromatic heterocycles. The van der Waals surface area contributed by atoms with Crippen LogP contribution >= 0.6 is 0 Å². The van der Waals surface area contributed by atoms with Crippen molar-refractivity contribution >= 4 is 23.9 Å². The molecule has 0 bridgehead atoms. The van der Waals surface area contributed by atoms with Crippen molar-refractivity contribution in [2.24, 2.45) is 0 Å². The number of carbonyl (C=O) groups excluding carboxylic acids is 2. The van der Waals surface area contributed by atoms with Crippen LogP contribution in [0, 0.1) is 0 Å². The van der Waals surface area contributed by atoms with Gasteiger partial charge in [0.25, 0.3) is 0 Å². The van der Waals surface area contributed by atoms with Crippen LogP contribution in [0.2, 0.25) is 0 Å². The van der Waals surface area contributed by atoms with Crippen LogP contribution < -0.4 is 10.6 Å². The molecule has 2 rings (SSSR count). The molecule has 0 saturated heterocycles. The summed E-state index contributed by atoms with van der Waals surface area (Å²) < 4.78 is 0. The van der Waals surface area contributed by atoms with E-state index >= 15 is 0 Å². The van der Waals surface area contributed by atoms with E-state index in [1.165, 1.54) is 13.0 Å². The molecule has 2 atom stereocenters. The lowest BCUT2D eigenvalue weighted by Gasteiger charge is -2.18. The third-order valence-corrected chi connectivity index (χ3v) is 3.88. The fourth-order valence-electron chi connectivity index (χ4n) is 2.41. The molecule has 0 heterocycles. The number of amides is 2. The quantitative estimate of drug-likeness (QED) is 0.623. The fourth-order valence-corrected chi connectivity index (χ4v) is 2.41. The first kappa shape index (κ1) is 19.9. The van der Waals surface area contributed by atoms with E-state index in [-0.39, 0.29) is 6.42 Å². The van der Waals surface area contributed by atoms with Crippen LogP contribution in [0.15, 0.2) is 66.7 Å². The lowest BCUT2D eigenvalue weighted by atomic mass is 10.1. The minimum Gasteiger partial charge on any atom is -0.480 e. The lowest BCUT2D eigenvalue weighted by molar-refractivity contribution is -0.142. The van der Waals surface area contributed by atoms with Gasteiger partial charge in [-0.15, -0.1) is 0 Å². The number of rotatable bonds is 8. The monoisotopic (exact) mass is 366 g/mol. The van der Waals surface area contributed by atoms with Crippen LogP contribution in [-0.4, -0.2) is 35.0 Å². The van der Waals surface area contributed by atoms with Crippen molar-refractivity contribution in [3.8, 4) is 0 Å². The Kier molecular flexibility index (Phi) is 7.31. The molecule has 2 amide bonds. The van der Waals surface area contributed by atoms with Crippen LogP contribution in [0.25, 0.3) is 6.08 Å². The van der Waals surface area contributed by atoms with Gasteiger partial charge >= 0.3 is 5.97 Å². The zero-order valence-corrected chi connectivity index (χ0v) is 15.0. The van der Waals surface area contributed by atoms with Gasteiger partial charge in [-0.1, -0.05) is 60.7 Å². The predicted molar refractivity (Wildman–Crippen MR) is 103 cm³/mol. The number of hydrogen-bond donors (Lipinski definition) is 3. The van der Waals surface area contributed by atoms with Crippen LogP contribution in [0.5, 0.6) is 0 Å². The molecule has 2 aromatic rings. The molecule has 0 radical (unpaired) electrons. The van der Waals surface area contributed by atoms with Crippen molar-refractivity contribution in [3.05, 3.63) is 77.9 Å². The molecule has 3 N–H and O–H groups in total. The summed E-state index contributed by atoms with van der Waals surface area (Å²) in [5.74, 6) is -2.12. The molecule has 27 heavy (non-hydrogen) atoms. The summed E-state index contributed by atoms with van der Waals surface area (Å²) in [6, 6.07) is 16.4. The highest BCUT2D eigenvalue weighted by atomic mass is 16.4. The van der Waals surface area contributed by atoms with Gasteiger partial charge in [0.2, 0.25) is 11.8 Å². The van der Waals surface area contributed by atoms with E-state index in [1.807, 2.05) is 36.4 Å². The van der Waals surface area contributed by atoms with Crippen LogP contribution in [-0.2, 0) is 20.8 Å². The summed E-state index contributed by atoms with van der Waals surface area (Å²) >= 11 is 0. The number of carboxylic acids is 1. The molecule has 0 spiro atoms. The van der Waals surface area contributed by atoms with Gasteiger partial charge < -0.3 is 15.7 Å². The Morgan fingerprint density at radius 1 is 0.963 bits per heavy atom. The number of nitrogens with one attached hydrogen (secondary N) is 2. The summed E-state index contributed by atoms with van der Waals surface area (Å²) in [4.78, 5) is 35.6. The van der Waals surface area contributed by atoms with Crippen molar-refractivity contribution in [1.29, 1.82) is 0 Å². The molecule has 140 valence electrons. The molecule has 2 unspecified atom stereocenters. The Balaban J connectivity index is 1.89. The zero-order valence-electron chi connectivity index (χ0n) is 15.0. The summed E-state index contributed by atoms with van der Waals surface area (Å²) in [5.41, 5.74) is 1.66. The smallest absolute Gasteiger partial charge is 0.326 e. The zero-order chi connectivity index (χ0) is 19.6. The van der Waals surface area contributed by atoms with E-state index < -0.39 is 29.9 Å². The highest BCUT2D eigenvalue weighted by molar-refractivity contribution is 5.96. The number of hydrogen-bond acceptors (Lipinski definition) is 3. The van der Waals surface area contributed by atoms with Crippen molar-refractivity contribution in [2.45, 2.75) is 25.4 Å². The number of carboxylic acid groups (broad SMARTS) is 1. The highest BCUT2D eigenvalue weighted by Gasteiger charge is 2.23. The maximum Gasteiger partial charge on any atom is 0.326 e. The van der Waals surface area contributed by atoms with Crippen LogP contribution in [0.1, 0.15) is 18.1 Å². The summed E-state index contributed by atoms with van der Waals surface area (Å²) in [6.45, 7) is 1.50. The first-order chi connectivity index (χ1) is 13.0. The van der Waals surface area contributed by atoms with Crippen LogP contribution in [0.3, 0.4) is 0 Å². The standard InChI is InChI=1S/C21H22N2O4/c1-15(22-19(24)13-12-16-8-4-2-5-9-16)20(25)23-18(21(26)27)14-17-10-6-3-7-11-17/h2-13,15,18H,14H2,1H3,(H,22,24)(H,23,25)(H,26,27). The normalized spacial score (nSPS) is 12.9. The number of carbonyl (C=O) groups is 3. The maximum absolute atomic E-state index is 12.2. The average molecular weight is 366 g/mol. The van der Waals surface area contributed by atoms with Gasteiger partial charge in [0.1, 0.15) is 12.1 Å². The van der Waals surface area contributed by atoms with Crippen LogP contribution in [0.4, 0.5) is 0 Å².